The fraction of sp³-hybridized carbons (Fsp3) is 0.500. The van der Waals surface area contributed by atoms with Crippen molar-refractivity contribution in [3.05, 3.63) is 16.3 Å². The van der Waals surface area contributed by atoms with Gasteiger partial charge in [-0.15, -0.1) is 11.3 Å². The first-order valence-corrected chi connectivity index (χ1v) is 8.48. The Morgan fingerprint density at radius 1 is 1.50 bits per heavy atom. The molecular weight excluding hydrogens is 292 g/mol. The topological polar surface area (TPSA) is 63.1 Å². The van der Waals surface area contributed by atoms with E-state index in [0.29, 0.717) is 0 Å². The van der Waals surface area contributed by atoms with E-state index in [1.165, 1.54) is 28.6 Å². The van der Waals surface area contributed by atoms with Crippen LogP contribution < -0.4 is 0 Å². The number of rotatable bonds is 3. The molecule has 1 unspecified atom stereocenters. The van der Waals surface area contributed by atoms with Crippen LogP contribution in [0, 0.1) is 12.8 Å². The number of carbonyl (C=O) groups is 1. The van der Waals surface area contributed by atoms with Gasteiger partial charge in [-0.3, -0.25) is 4.79 Å². The quantitative estimate of drug-likeness (QED) is 0.696. The summed E-state index contributed by atoms with van der Waals surface area (Å²) in [6.07, 6.45) is 3.36. The number of carboxylic acids is 1. The molecule has 1 N–H and O–H groups in total. The van der Waals surface area contributed by atoms with E-state index >= 15 is 0 Å². The van der Waals surface area contributed by atoms with E-state index < -0.39 is 5.97 Å². The van der Waals surface area contributed by atoms with Crippen molar-refractivity contribution in [1.29, 1.82) is 0 Å². The fourth-order valence-corrected chi connectivity index (χ4v) is 4.96. The Labute approximate surface area is 125 Å². The van der Waals surface area contributed by atoms with E-state index in [-0.39, 0.29) is 5.75 Å². The Bertz CT molecular complexity index is 681. The van der Waals surface area contributed by atoms with Crippen LogP contribution in [0.3, 0.4) is 0 Å². The molecule has 0 fully saturated rings. The molecule has 0 radical (unpaired) electrons. The Morgan fingerprint density at radius 2 is 2.30 bits per heavy atom. The predicted molar refractivity (Wildman–Crippen MR) is 81.7 cm³/mol. The van der Waals surface area contributed by atoms with Crippen LogP contribution in [-0.2, 0) is 17.6 Å². The van der Waals surface area contributed by atoms with Crippen molar-refractivity contribution in [1.82, 2.24) is 9.97 Å². The van der Waals surface area contributed by atoms with Crippen molar-refractivity contribution in [3.8, 4) is 0 Å². The highest BCUT2D eigenvalue weighted by Crippen LogP contribution is 2.40. The third-order valence-corrected chi connectivity index (χ3v) is 5.67. The summed E-state index contributed by atoms with van der Waals surface area (Å²) in [6.45, 7) is 4.15. The van der Waals surface area contributed by atoms with Crippen LogP contribution in [-0.4, -0.2) is 26.8 Å². The van der Waals surface area contributed by atoms with Crippen molar-refractivity contribution in [2.45, 2.75) is 38.1 Å². The zero-order valence-corrected chi connectivity index (χ0v) is 13.1. The summed E-state index contributed by atoms with van der Waals surface area (Å²) in [4.78, 5) is 22.2. The number of carboxylic acid groups (broad SMARTS) is 1. The van der Waals surface area contributed by atoms with E-state index in [4.69, 9.17) is 5.11 Å². The molecule has 106 valence electrons. The van der Waals surface area contributed by atoms with Crippen molar-refractivity contribution >= 4 is 39.3 Å². The molecule has 2 aromatic heterocycles. The Hall–Kier alpha value is -1.14. The number of thiophene rings is 1. The molecule has 0 bridgehead atoms. The van der Waals surface area contributed by atoms with E-state index in [1.54, 1.807) is 11.3 Å². The lowest BCUT2D eigenvalue weighted by molar-refractivity contribution is -0.133. The number of hydrogen-bond acceptors (Lipinski definition) is 5. The highest BCUT2D eigenvalue weighted by Gasteiger charge is 2.23. The molecule has 4 nitrogen and oxygen atoms in total. The molecule has 6 heteroatoms. The maximum absolute atomic E-state index is 10.8. The summed E-state index contributed by atoms with van der Waals surface area (Å²) in [5.74, 6) is 0.681. The lowest BCUT2D eigenvalue weighted by Gasteiger charge is -2.18. The molecule has 0 aromatic carbocycles. The number of thioether (sulfide) groups is 1. The van der Waals surface area contributed by atoms with Gasteiger partial charge < -0.3 is 5.11 Å². The third kappa shape index (κ3) is 2.54. The molecule has 1 aliphatic rings. The van der Waals surface area contributed by atoms with Crippen molar-refractivity contribution < 1.29 is 9.90 Å². The van der Waals surface area contributed by atoms with Crippen LogP contribution in [0.25, 0.3) is 10.2 Å². The Kier molecular flexibility index (Phi) is 3.69. The average molecular weight is 308 g/mol. The normalized spacial score (nSPS) is 18.2. The number of fused-ring (bicyclic) bond motifs is 3. The first-order chi connectivity index (χ1) is 9.54. The van der Waals surface area contributed by atoms with Crippen molar-refractivity contribution in [2.24, 2.45) is 5.92 Å². The van der Waals surface area contributed by atoms with Crippen LogP contribution in [0.1, 0.15) is 29.6 Å². The van der Waals surface area contributed by atoms with Crippen molar-refractivity contribution in [2.75, 3.05) is 5.75 Å². The van der Waals surface area contributed by atoms with Gasteiger partial charge in [0.25, 0.3) is 0 Å². The van der Waals surface area contributed by atoms with Crippen LogP contribution >= 0.6 is 23.1 Å². The SMILES string of the molecule is Cc1nc(SCC(=O)O)c2c3c(sc2n1)CC(C)CC3. The molecule has 1 aliphatic carbocycles. The number of aromatic nitrogens is 2. The second-order valence-electron chi connectivity index (χ2n) is 5.29. The summed E-state index contributed by atoms with van der Waals surface area (Å²) in [6, 6.07) is 0. The van der Waals surface area contributed by atoms with Gasteiger partial charge in [0, 0.05) is 10.3 Å². The molecule has 1 atom stereocenters. The smallest absolute Gasteiger partial charge is 0.313 e. The zero-order chi connectivity index (χ0) is 14.3. The van der Waals surface area contributed by atoms with Crippen molar-refractivity contribution in [3.63, 3.8) is 0 Å². The van der Waals surface area contributed by atoms with Gasteiger partial charge in [0.1, 0.15) is 15.7 Å². The van der Waals surface area contributed by atoms with Gasteiger partial charge >= 0.3 is 5.97 Å². The van der Waals surface area contributed by atoms with Gasteiger partial charge in [0.05, 0.1) is 5.75 Å². The zero-order valence-electron chi connectivity index (χ0n) is 11.5. The minimum absolute atomic E-state index is 0.0482. The molecular formula is C14H16N2O2S2. The van der Waals surface area contributed by atoms with E-state index in [9.17, 15) is 4.79 Å². The second-order valence-corrected chi connectivity index (χ2v) is 7.34. The summed E-state index contributed by atoms with van der Waals surface area (Å²) >= 11 is 3.06. The monoisotopic (exact) mass is 308 g/mol. The highest BCUT2D eigenvalue weighted by molar-refractivity contribution is 8.00. The van der Waals surface area contributed by atoms with Crippen LogP contribution in [0.2, 0.25) is 0 Å². The molecule has 0 saturated heterocycles. The lowest BCUT2D eigenvalue weighted by atomic mass is 9.89. The summed E-state index contributed by atoms with van der Waals surface area (Å²) in [5.41, 5.74) is 1.36. The maximum atomic E-state index is 10.8. The average Bonchev–Trinajstić information content (AvgIpc) is 2.72. The van der Waals surface area contributed by atoms with Gasteiger partial charge in [-0.1, -0.05) is 18.7 Å². The van der Waals surface area contributed by atoms with E-state index in [2.05, 4.69) is 16.9 Å². The molecule has 0 amide bonds. The number of hydrogen-bond donors (Lipinski definition) is 1. The molecule has 2 heterocycles. The van der Waals surface area contributed by atoms with Gasteiger partial charge in [0.15, 0.2) is 0 Å². The largest absolute Gasteiger partial charge is 0.481 e. The number of nitrogens with zero attached hydrogens (tertiary/aromatic N) is 2. The van der Waals surface area contributed by atoms with Crippen LogP contribution in [0.4, 0.5) is 0 Å². The summed E-state index contributed by atoms with van der Waals surface area (Å²) in [7, 11) is 0. The van der Waals surface area contributed by atoms with Gasteiger partial charge in [0.2, 0.25) is 0 Å². The van der Waals surface area contributed by atoms with Gasteiger partial charge in [-0.2, -0.15) is 0 Å². The molecule has 3 rings (SSSR count). The summed E-state index contributed by atoms with van der Waals surface area (Å²) in [5, 5.41) is 10.8. The van der Waals surface area contributed by atoms with E-state index in [1.807, 2.05) is 6.92 Å². The van der Waals surface area contributed by atoms with Gasteiger partial charge in [-0.05, 0) is 37.7 Å². The predicted octanol–water partition coefficient (Wildman–Crippen LogP) is 3.30. The van der Waals surface area contributed by atoms with Crippen LogP contribution in [0.5, 0.6) is 0 Å². The summed E-state index contributed by atoms with van der Waals surface area (Å²) < 4.78 is 0. The van der Waals surface area contributed by atoms with Gasteiger partial charge in [-0.25, -0.2) is 9.97 Å². The van der Waals surface area contributed by atoms with Crippen LogP contribution in [0.15, 0.2) is 5.03 Å². The fourth-order valence-electron chi connectivity index (χ4n) is 2.65. The number of aryl methyl sites for hydroxylation is 2. The Balaban J connectivity index is 2.11. The lowest BCUT2D eigenvalue weighted by Crippen LogP contribution is -2.09. The van der Waals surface area contributed by atoms with E-state index in [0.717, 1.165) is 39.8 Å². The Morgan fingerprint density at radius 3 is 3.05 bits per heavy atom. The molecule has 0 saturated carbocycles. The number of aliphatic carboxylic acids is 1. The highest BCUT2D eigenvalue weighted by atomic mass is 32.2. The molecule has 0 aliphatic heterocycles. The molecule has 20 heavy (non-hydrogen) atoms. The minimum atomic E-state index is -0.808. The molecule has 0 spiro atoms. The minimum Gasteiger partial charge on any atom is -0.481 e. The first-order valence-electron chi connectivity index (χ1n) is 6.68. The maximum Gasteiger partial charge on any atom is 0.313 e. The second kappa shape index (κ2) is 5.33. The standard InChI is InChI=1S/C14H16N2O2S2/c1-7-3-4-9-10(5-7)20-14-12(9)13(15-8(2)16-14)19-6-11(17)18/h7H,3-6H2,1-2H3,(H,17,18). The molecule has 2 aromatic rings. The first kappa shape index (κ1) is 13.8. The third-order valence-electron chi connectivity index (χ3n) is 3.57.